The van der Waals surface area contributed by atoms with Crippen molar-refractivity contribution < 1.29 is 0 Å². The molecular formula is C70H70BN3. The van der Waals surface area contributed by atoms with Gasteiger partial charge in [0, 0.05) is 34.6 Å². The smallest absolute Gasteiger partial charge is 0.249 e. The standard InChI is InChI=1S/C70H70BN3/c1-67(2)36-37-68(3,4)59-45-57(33-34-58(59)67)74-65-42-49(23-14-9-10-21-40-72-55-29-19-13-20-30-55)41-54-43-53(51-26-17-12-18-27-51)32-35-62(54)71(63-46-60-61(47-66(63)74)70(7,8)39-38-69(60,5)6)64(65)48-73-56-31-22-28-52(44-56)50-24-15-11-16-25-50/h9-35,40-48,72-73H,36-39H2,1-8H3/b10-9-,23-14-,40-21+,49-41-,64-48-,65-42+. The second kappa shape index (κ2) is 19.4. The first-order valence-corrected chi connectivity index (χ1v) is 26.9. The second-order valence-electron chi connectivity index (χ2n) is 23.7. The first-order valence-electron chi connectivity index (χ1n) is 26.9. The highest BCUT2D eigenvalue weighted by atomic mass is 15.2. The topological polar surface area (TPSA) is 27.3 Å². The van der Waals surface area contributed by atoms with Crippen LogP contribution in [0.15, 0.2) is 229 Å². The molecule has 2 bridgehead atoms. The van der Waals surface area contributed by atoms with Crippen LogP contribution in [-0.2, 0) is 21.7 Å². The van der Waals surface area contributed by atoms with E-state index < -0.39 is 0 Å². The molecule has 0 radical (unpaired) electrons. The van der Waals surface area contributed by atoms with Gasteiger partial charge in [0.2, 0.25) is 6.71 Å². The summed E-state index contributed by atoms with van der Waals surface area (Å²) in [4.78, 5) is 2.63. The molecule has 3 nitrogen and oxygen atoms in total. The van der Waals surface area contributed by atoms with Gasteiger partial charge in [-0.2, -0.15) is 0 Å². The fourth-order valence-corrected chi connectivity index (χ4v) is 12.1. The van der Waals surface area contributed by atoms with Crippen molar-refractivity contribution in [2.24, 2.45) is 0 Å². The number of hydrogen-bond acceptors (Lipinski definition) is 3. The van der Waals surface area contributed by atoms with Gasteiger partial charge in [-0.1, -0.05) is 200 Å². The van der Waals surface area contributed by atoms with Crippen LogP contribution in [0.5, 0.6) is 0 Å². The van der Waals surface area contributed by atoms with Crippen LogP contribution in [0.4, 0.5) is 22.7 Å². The maximum atomic E-state index is 3.94. The van der Waals surface area contributed by atoms with Crippen molar-refractivity contribution in [1.82, 2.24) is 0 Å². The number of hydrogen-bond donors (Lipinski definition) is 2. The van der Waals surface area contributed by atoms with Crippen molar-refractivity contribution in [3.05, 3.63) is 257 Å². The number of rotatable bonds is 10. The van der Waals surface area contributed by atoms with Gasteiger partial charge in [-0.05, 0) is 187 Å². The van der Waals surface area contributed by atoms with Crippen LogP contribution in [-0.4, -0.2) is 6.71 Å². The lowest BCUT2D eigenvalue weighted by molar-refractivity contribution is 0.332. The summed E-state index contributed by atoms with van der Waals surface area (Å²) in [6.07, 6.45) is 24.5. The van der Waals surface area contributed by atoms with E-state index in [4.69, 9.17) is 0 Å². The predicted octanol–water partition coefficient (Wildman–Crippen LogP) is 17.0. The molecule has 0 atom stereocenters. The lowest BCUT2D eigenvalue weighted by Crippen LogP contribution is -2.54. The molecular weight excluding hydrogens is 894 g/mol. The number of para-hydroxylation sites is 1. The molecule has 11 rings (SSSR count). The van der Waals surface area contributed by atoms with E-state index in [2.05, 4.69) is 265 Å². The summed E-state index contributed by atoms with van der Waals surface area (Å²) in [6.45, 7) is 19.5. The minimum Gasteiger partial charge on any atom is -0.362 e. The zero-order valence-electron chi connectivity index (χ0n) is 44.6. The summed E-state index contributed by atoms with van der Waals surface area (Å²) in [5.74, 6) is 0. The third kappa shape index (κ3) is 9.48. The van der Waals surface area contributed by atoms with E-state index in [9.17, 15) is 0 Å². The molecule has 0 amide bonds. The molecule has 4 aliphatic rings. The SMILES string of the molecule is CC1(C)CCC(C)(C)c2cc(N3/C4=C/C(/C=C\C=C/C=C/Nc5ccccc5)=C\c5cc(-c6ccccc6)ccc5B(\C4=C/Nc4cccc(-c5ccccc5)c4)c4cc5c(cc43)C(C)(C)CCC5(C)C)ccc21. The van der Waals surface area contributed by atoms with Crippen molar-refractivity contribution in [3.63, 3.8) is 0 Å². The number of anilines is 4. The molecule has 2 aliphatic heterocycles. The van der Waals surface area contributed by atoms with E-state index in [1.54, 1.807) is 0 Å². The highest BCUT2D eigenvalue weighted by Gasteiger charge is 2.45. The predicted molar refractivity (Wildman–Crippen MR) is 320 cm³/mol. The van der Waals surface area contributed by atoms with Gasteiger partial charge in [0.25, 0.3) is 0 Å². The largest absolute Gasteiger partial charge is 0.362 e. The fourth-order valence-electron chi connectivity index (χ4n) is 12.1. The number of benzene rings is 7. The normalized spacial score (nSPS) is 19.9. The first kappa shape index (κ1) is 48.7. The molecule has 0 spiro atoms. The van der Waals surface area contributed by atoms with Gasteiger partial charge < -0.3 is 15.5 Å². The zero-order valence-corrected chi connectivity index (χ0v) is 44.6. The molecule has 2 aliphatic carbocycles. The Morgan fingerprint density at radius 3 is 1.69 bits per heavy atom. The molecule has 74 heavy (non-hydrogen) atoms. The van der Waals surface area contributed by atoms with Crippen molar-refractivity contribution in [2.45, 2.75) is 103 Å². The fraction of sp³-hybridized carbons (Fsp3) is 0.229. The van der Waals surface area contributed by atoms with Crippen molar-refractivity contribution >= 4 is 46.5 Å². The number of nitrogens with zero attached hydrogens (tertiary/aromatic N) is 1. The summed E-state index contributed by atoms with van der Waals surface area (Å²) < 4.78 is 0. The van der Waals surface area contributed by atoms with Crippen LogP contribution in [0.2, 0.25) is 0 Å². The highest BCUT2D eigenvalue weighted by molar-refractivity contribution is 6.93. The van der Waals surface area contributed by atoms with Crippen molar-refractivity contribution in [1.29, 1.82) is 0 Å². The molecule has 0 unspecified atom stereocenters. The lowest BCUT2D eigenvalue weighted by atomic mass is 9.33. The minimum absolute atomic E-state index is 0.0129. The maximum absolute atomic E-state index is 3.94. The maximum Gasteiger partial charge on any atom is 0.249 e. The molecule has 2 N–H and O–H groups in total. The molecule has 0 aromatic heterocycles. The molecule has 0 fully saturated rings. The number of nitrogens with one attached hydrogen (secondary N) is 2. The molecule has 2 heterocycles. The summed E-state index contributed by atoms with van der Waals surface area (Å²) in [5, 5.41) is 7.33. The van der Waals surface area contributed by atoms with Gasteiger partial charge in [-0.25, -0.2) is 0 Å². The van der Waals surface area contributed by atoms with Gasteiger partial charge in [0.15, 0.2) is 0 Å². The minimum atomic E-state index is -0.0832. The highest BCUT2D eigenvalue weighted by Crippen LogP contribution is 2.52. The summed E-state index contributed by atoms with van der Waals surface area (Å²) in [6, 6.07) is 60.5. The summed E-state index contributed by atoms with van der Waals surface area (Å²) >= 11 is 0. The van der Waals surface area contributed by atoms with E-state index >= 15 is 0 Å². The average molecular weight is 964 g/mol. The van der Waals surface area contributed by atoms with E-state index in [0.717, 1.165) is 36.2 Å². The molecule has 0 saturated heterocycles. The van der Waals surface area contributed by atoms with E-state index in [0.29, 0.717) is 0 Å². The third-order valence-electron chi connectivity index (χ3n) is 16.7. The van der Waals surface area contributed by atoms with Crippen LogP contribution in [0.1, 0.15) is 109 Å². The van der Waals surface area contributed by atoms with Gasteiger partial charge in [0.05, 0.1) is 0 Å². The van der Waals surface area contributed by atoms with Gasteiger partial charge in [0.1, 0.15) is 0 Å². The van der Waals surface area contributed by atoms with Crippen LogP contribution in [0.25, 0.3) is 28.3 Å². The van der Waals surface area contributed by atoms with Crippen LogP contribution < -0.4 is 26.5 Å². The van der Waals surface area contributed by atoms with Crippen LogP contribution >= 0.6 is 0 Å². The van der Waals surface area contributed by atoms with E-state index in [1.807, 2.05) is 24.4 Å². The zero-order chi connectivity index (χ0) is 51.2. The first-order chi connectivity index (χ1) is 35.6. The Kier molecular flexibility index (Phi) is 12.7. The third-order valence-corrected chi connectivity index (χ3v) is 16.7. The summed E-state index contributed by atoms with van der Waals surface area (Å²) in [5.41, 5.74) is 22.7. The Labute approximate surface area is 442 Å². The molecule has 7 aromatic carbocycles. The Hall–Kier alpha value is -7.56. The molecule has 0 saturated carbocycles. The van der Waals surface area contributed by atoms with Gasteiger partial charge in [-0.15, -0.1) is 0 Å². The van der Waals surface area contributed by atoms with E-state index in [-0.39, 0.29) is 28.4 Å². The Morgan fingerprint density at radius 2 is 1.01 bits per heavy atom. The second-order valence-corrected chi connectivity index (χ2v) is 23.7. The molecule has 368 valence electrons. The lowest BCUT2D eigenvalue weighted by Gasteiger charge is -2.47. The van der Waals surface area contributed by atoms with Crippen LogP contribution in [0, 0.1) is 0 Å². The quantitative estimate of drug-likeness (QED) is 0.106. The van der Waals surface area contributed by atoms with E-state index in [1.165, 1.54) is 90.0 Å². The summed E-state index contributed by atoms with van der Waals surface area (Å²) in [7, 11) is 0. The van der Waals surface area contributed by atoms with Gasteiger partial charge in [-0.3, -0.25) is 0 Å². The molecule has 4 heteroatoms. The average Bonchev–Trinajstić information content (AvgIpc) is 3.42. The Balaban J connectivity index is 1.17. The Bertz CT molecular complexity index is 3440. The Morgan fingerprint density at radius 1 is 0.446 bits per heavy atom. The van der Waals surface area contributed by atoms with Crippen molar-refractivity contribution in [2.75, 3.05) is 15.5 Å². The van der Waals surface area contributed by atoms with Crippen LogP contribution in [0.3, 0.4) is 0 Å². The monoisotopic (exact) mass is 964 g/mol. The van der Waals surface area contributed by atoms with Gasteiger partial charge >= 0.3 is 0 Å². The molecule has 7 aromatic rings. The number of allylic oxidation sites excluding steroid dienone is 8. The number of fused-ring (bicyclic) bond motifs is 8. The van der Waals surface area contributed by atoms with Crippen molar-refractivity contribution in [3.8, 4) is 22.3 Å².